The average Bonchev–Trinajstić information content (AvgIpc) is 2.73. The van der Waals surface area contributed by atoms with Crippen LogP contribution in [-0.4, -0.2) is 18.3 Å². The van der Waals surface area contributed by atoms with E-state index >= 15 is 0 Å². The topological polar surface area (TPSA) is 59.7 Å². The summed E-state index contributed by atoms with van der Waals surface area (Å²) in [6, 6.07) is 0. The Morgan fingerprint density at radius 1 is 1.27 bits per heavy atom. The van der Waals surface area contributed by atoms with Gasteiger partial charge in [0.05, 0.1) is 18.8 Å². The molecule has 1 aromatic heterocycles. The van der Waals surface area contributed by atoms with Gasteiger partial charge in [-0.3, -0.25) is 4.79 Å². The molecule has 0 saturated carbocycles. The normalized spacial score (nSPS) is 16.3. The van der Waals surface area contributed by atoms with E-state index in [2.05, 4.69) is 25.2 Å². The first-order valence-electron chi connectivity index (χ1n) is 10.7. The number of rotatable bonds is 10. The predicted molar refractivity (Wildman–Crippen MR) is 126 cm³/mol. The third kappa shape index (κ3) is 7.17. The standard InChI is InChI=1S/C26H38O4/c1-9-19(5)24(27)20(6)16-18(4)13-11-12-17(3)14-15-23-21(7)25(28)22(10-2)26(29-8)30-23/h9,11,13-17,20,24,27H,10,12H2,1-8H3/b13-11+,15-14+,18-16+,19-9+/t17-,20+,24+/m1/s1. The molecule has 0 radical (unpaired) electrons. The first-order chi connectivity index (χ1) is 14.2. The Balaban J connectivity index is 2.80. The molecule has 0 bridgehead atoms. The van der Waals surface area contributed by atoms with Crippen molar-refractivity contribution in [1.82, 2.24) is 0 Å². The highest BCUT2D eigenvalue weighted by Gasteiger charge is 2.15. The molecule has 0 saturated heterocycles. The van der Waals surface area contributed by atoms with E-state index < -0.39 is 6.10 Å². The molecule has 0 aliphatic heterocycles. The van der Waals surface area contributed by atoms with Gasteiger partial charge in [0.1, 0.15) is 5.76 Å². The lowest BCUT2D eigenvalue weighted by Crippen LogP contribution is -2.17. The molecule has 0 aliphatic rings. The fraction of sp³-hybridized carbons (Fsp3) is 0.500. The predicted octanol–water partition coefficient (Wildman–Crippen LogP) is 6.02. The van der Waals surface area contributed by atoms with Crippen molar-refractivity contribution in [3.63, 3.8) is 0 Å². The van der Waals surface area contributed by atoms with E-state index in [1.165, 1.54) is 7.11 Å². The van der Waals surface area contributed by atoms with Crippen molar-refractivity contribution in [1.29, 1.82) is 0 Å². The number of hydrogen-bond donors (Lipinski definition) is 1. The van der Waals surface area contributed by atoms with E-state index in [-0.39, 0.29) is 17.3 Å². The van der Waals surface area contributed by atoms with Crippen LogP contribution in [0.5, 0.6) is 5.95 Å². The van der Waals surface area contributed by atoms with E-state index in [1.54, 1.807) is 6.92 Å². The molecule has 30 heavy (non-hydrogen) atoms. The number of ether oxygens (including phenoxy) is 1. The Labute approximate surface area is 181 Å². The lowest BCUT2D eigenvalue weighted by Gasteiger charge is -2.16. The minimum Gasteiger partial charge on any atom is -0.468 e. The molecule has 0 spiro atoms. The van der Waals surface area contributed by atoms with Gasteiger partial charge in [-0.05, 0) is 58.1 Å². The molecule has 1 heterocycles. The summed E-state index contributed by atoms with van der Waals surface area (Å²) in [6.07, 6.45) is 13.1. The van der Waals surface area contributed by atoms with Gasteiger partial charge >= 0.3 is 0 Å². The first kappa shape index (κ1) is 25.7. The van der Waals surface area contributed by atoms with Crippen LogP contribution in [0, 0.1) is 18.8 Å². The smallest absolute Gasteiger partial charge is 0.291 e. The van der Waals surface area contributed by atoms with Gasteiger partial charge in [-0.25, -0.2) is 0 Å². The van der Waals surface area contributed by atoms with Crippen LogP contribution in [0.1, 0.15) is 64.9 Å². The van der Waals surface area contributed by atoms with Crippen molar-refractivity contribution in [3.05, 3.63) is 68.6 Å². The molecular weight excluding hydrogens is 376 g/mol. The van der Waals surface area contributed by atoms with Crippen molar-refractivity contribution >= 4 is 6.08 Å². The van der Waals surface area contributed by atoms with Gasteiger partial charge < -0.3 is 14.3 Å². The first-order valence-corrected chi connectivity index (χ1v) is 10.7. The summed E-state index contributed by atoms with van der Waals surface area (Å²) in [5.41, 5.74) is 3.28. The Bertz CT molecular complexity index is 868. The van der Waals surface area contributed by atoms with Gasteiger partial charge in [0.15, 0.2) is 5.43 Å². The molecule has 1 rings (SSSR count). The molecule has 166 valence electrons. The Kier molecular flexibility index (Phi) is 10.6. The van der Waals surface area contributed by atoms with Crippen LogP contribution < -0.4 is 10.2 Å². The van der Waals surface area contributed by atoms with Gasteiger partial charge in [0.2, 0.25) is 0 Å². The average molecular weight is 415 g/mol. The highest BCUT2D eigenvalue weighted by molar-refractivity contribution is 5.49. The Morgan fingerprint density at radius 3 is 2.50 bits per heavy atom. The van der Waals surface area contributed by atoms with Crippen LogP contribution in [0.25, 0.3) is 6.08 Å². The van der Waals surface area contributed by atoms with Gasteiger partial charge in [0, 0.05) is 11.5 Å². The lowest BCUT2D eigenvalue weighted by molar-refractivity contribution is 0.173. The summed E-state index contributed by atoms with van der Waals surface area (Å²) >= 11 is 0. The lowest BCUT2D eigenvalue weighted by atomic mass is 9.96. The third-order valence-corrected chi connectivity index (χ3v) is 5.38. The zero-order chi connectivity index (χ0) is 22.8. The summed E-state index contributed by atoms with van der Waals surface area (Å²) in [7, 11) is 1.52. The van der Waals surface area contributed by atoms with E-state index in [0.717, 1.165) is 17.6 Å². The maximum atomic E-state index is 12.5. The highest BCUT2D eigenvalue weighted by Crippen LogP contribution is 2.22. The summed E-state index contributed by atoms with van der Waals surface area (Å²) < 4.78 is 11.0. The SMILES string of the molecule is C/C=C(\C)[C@H](O)[C@@H](C)/C=C(C)/C=C/C[C@@H](C)/C=C/c1oc(OC)c(CC)c(=O)c1C. The number of hydrogen-bond acceptors (Lipinski definition) is 4. The monoisotopic (exact) mass is 414 g/mol. The van der Waals surface area contributed by atoms with Crippen molar-refractivity contribution in [2.45, 2.75) is 67.4 Å². The van der Waals surface area contributed by atoms with Gasteiger partial charge in [0.25, 0.3) is 5.95 Å². The van der Waals surface area contributed by atoms with Crippen molar-refractivity contribution in [2.24, 2.45) is 11.8 Å². The van der Waals surface area contributed by atoms with Gasteiger partial charge in [-0.15, -0.1) is 0 Å². The molecule has 4 heteroatoms. The molecule has 0 unspecified atom stereocenters. The largest absolute Gasteiger partial charge is 0.468 e. The Morgan fingerprint density at radius 2 is 1.93 bits per heavy atom. The van der Waals surface area contributed by atoms with Gasteiger partial charge in [-0.2, -0.15) is 0 Å². The summed E-state index contributed by atoms with van der Waals surface area (Å²) in [5.74, 6) is 1.19. The van der Waals surface area contributed by atoms with E-state index in [9.17, 15) is 9.90 Å². The number of aliphatic hydroxyl groups is 1. The summed E-state index contributed by atoms with van der Waals surface area (Å²) in [6.45, 7) is 13.8. The molecule has 4 nitrogen and oxygen atoms in total. The maximum Gasteiger partial charge on any atom is 0.291 e. The van der Waals surface area contributed by atoms with Crippen LogP contribution in [0.3, 0.4) is 0 Å². The van der Waals surface area contributed by atoms with Gasteiger partial charge in [-0.1, -0.05) is 56.7 Å². The molecule has 1 N–H and O–H groups in total. The molecule has 0 fully saturated rings. The maximum absolute atomic E-state index is 12.5. The van der Waals surface area contributed by atoms with E-state index in [4.69, 9.17) is 9.15 Å². The zero-order valence-electron chi connectivity index (χ0n) is 19.8. The van der Waals surface area contributed by atoms with E-state index in [1.807, 2.05) is 52.8 Å². The van der Waals surface area contributed by atoms with Crippen molar-refractivity contribution in [2.75, 3.05) is 7.11 Å². The fourth-order valence-corrected chi connectivity index (χ4v) is 3.24. The van der Waals surface area contributed by atoms with E-state index in [0.29, 0.717) is 29.3 Å². The molecule has 3 atom stereocenters. The fourth-order valence-electron chi connectivity index (χ4n) is 3.24. The third-order valence-electron chi connectivity index (χ3n) is 5.38. The quantitative estimate of drug-likeness (QED) is 0.375. The van der Waals surface area contributed by atoms with Crippen LogP contribution in [0.15, 0.2) is 50.7 Å². The second kappa shape index (κ2) is 12.4. The number of allylic oxidation sites excluding steroid dienone is 5. The van der Waals surface area contributed by atoms with Crippen LogP contribution in [0.2, 0.25) is 0 Å². The second-order valence-electron chi connectivity index (χ2n) is 7.97. The minimum absolute atomic E-state index is 0.0157. The molecular formula is C26H38O4. The van der Waals surface area contributed by atoms with Crippen molar-refractivity contribution in [3.8, 4) is 5.95 Å². The molecule has 0 aliphatic carbocycles. The zero-order valence-corrected chi connectivity index (χ0v) is 19.8. The molecule has 0 aromatic carbocycles. The second-order valence-corrected chi connectivity index (χ2v) is 7.97. The Hall–Kier alpha value is -2.33. The minimum atomic E-state index is -0.450. The summed E-state index contributed by atoms with van der Waals surface area (Å²) in [5, 5.41) is 10.3. The molecule has 1 aromatic rings. The number of methoxy groups -OCH3 is 1. The highest BCUT2D eigenvalue weighted by atomic mass is 16.6. The van der Waals surface area contributed by atoms with Crippen molar-refractivity contribution < 1.29 is 14.3 Å². The van der Waals surface area contributed by atoms with Crippen LogP contribution in [-0.2, 0) is 6.42 Å². The number of aliphatic hydroxyl groups excluding tert-OH is 1. The summed E-state index contributed by atoms with van der Waals surface area (Å²) in [4.78, 5) is 12.5. The van der Waals surface area contributed by atoms with Crippen LogP contribution in [0.4, 0.5) is 0 Å². The van der Waals surface area contributed by atoms with Crippen LogP contribution >= 0.6 is 0 Å². The molecule has 0 amide bonds.